The summed E-state index contributed by atoms with van der Waals surface area (Å²) in [5, 5.41) is -0.288. The third-order valence-corrected chi connectivity index (χ3v) is 1.72. The second kappa shape index (κ2) is 3.46. The Labute approximate surface area is 73.7 Å². The molecule has 0 saturated heterocycles. The summed E-state index contributed by atoms with van der Waals surface area (Å²) in [6, 6.07) is 0. The normalized spacial score (nSPS) is 14.5. The van der Waals surface area contributed by atoms with Crippen molar-refractivity contribution in [3.8, 4) is 0 Å². The van der Waals surface area contributed by atoms with Crippen LogP contribution >= 0.6 is 0 Å². The number of nitrogens with zero attached hydrogens (tertiary/aromatic N) is 2. The van der Waals surface area contributed by atoms with Gasteiger partial charge in [0.05, 0.1) is 6.33 Å². The van der Waals surface area contributed by atoms with Crippen molar-refractivity contribution in [3.05, 3.63) is 12.5 Å². The zero-order chi connectivity index (χ0) is 10.1. The smallest absolute Gasteiger partial charge is 0.327 e. The monoisotopic (exact) mass is 214 g/mol. The van der Waals surface area contributed by atoms with Crippen molar-refractivity contribution in [3.63, 3.8) is 0 Å². The summed E-state index contributed by atoms with van der Waals surface area (Å²) in [5.41, 5.74) is 0. The van der Waals surface area contributed by atoms with Crippen molar-refractivity contribution in [2.45, 2.75) is 17.7 Å². The van der Waals surface area contributed by atoms with E-state index in [0.717, 1.165) is 12.5 Å². The van der Waals surface area contributed by atoms with Crippen molar-refractivity contribution in [2.75, 3.05) is 0 Å². The number of imidazole rings is 1. The van der Waals surface area contributed by atoms with E-state index in [4.69, 9.17) is 4.55 Å². The highest BCUT2D eigenvalue weighted by atomic mass is 32.2. The zero-order valence-corrected chi connectivity index (χ0v) is 6.97. The maximum atomic E-state index is 11.8. The highest BCUT2D eigenvalue weighted by Crippen LogP contribution is 2.17. The van der Waals surface area contributed by atoms with Gasteiger partial charge in [0.15, 0.2) is 5.03 Å². The Hall–Kier alpha value is -0.890. The summed E-state index contributed by atoms with van der Waals surface area (Å²) in [6.45, 7) is -1.21. The Morgan fingerprint density at radius 2 is 2.23 bits per heavy atom. The fourth-order valence-corrected chi connectivity index (χ4v) is 1.09. The highest BCUT2D eigenvalue weighted by molar-refractivity contribution is 7.79. The van der Waals surface area contributed by atoms with E-state index in [1.54, 1.807) is 0 Å². The number of alkyl halides is 3. The van der Waals surface area contributed by atoms with Crippen LogP contribution in [0.3, 0.4) is 0 Å². The van der Waals surface area contributed by atoms with E-state index in [-0.39, 0.29) is 5.03 Å². The van der Waals surface area contributed by atoms with Crippen LogP contribution in [-0.4, -0.2) is 24.5 Å². The molecule has 0 amide bonds. The minimum Gasteiger partial charge on any atom is -0.327 e. The van der Waals surface area contributed by atoms with Crippen LogP contribution in [0, 0.1) is 0 Å². The average Bonchev–Trinajstić information content (AvgIpc) is 2.31. The summed E-state index contributed by atoms with van der Waals surface area (Å²) in [4.78, 5) is 3.31. The second-order valence-corrected chi connectivity index (χ2v) is 3.17. The molecule has 4 nitrogen and oxygen atoms in total. The zero-order valence-electron chi connectivity index (χ0n) is 6.15. The van der Waals surface area contributed by atoms with Crippen LogP contribution in [0.25, 0.3) is 0 Å². The van der Waals surface area contributed by atoms with Gasteiger partial charge in [0.2, 0.25) is 11.1 Å². The molecule has 0 aromatic carbocycles. The molecular weight excluding hydrogens is 209 g/mol. The van der Waals surface area contributed by atoms with E-state index in [9.17, 15) is 17.4 Å². The first-order valence-electron chi connectivity index (χ1n) is 3.08. The lowest BCUT2D eigenvalue weighted by Crippen LogP contribution is -2.16. The molecule has 0 fully saturated rings. The van der Waals surface area contributed by atoms with Crippen molar-refractivity contribution < 1.29 is 21.9 Å². The third kappa shape index (κ3) is 3.15. The van der Waals surface area contributed by atoms with Crippen LogP contribution in [0.2, 0.25) is 0 Å². The SMILES string of the molecule is O=S(O)c1cn(CC(F)(F)F)cn1. The maximum Gasteiger partial charge on any atom is 0.406 e. The molecule has 1 aromatic heterocycles. The Morgan fingerprint density at radius 3 is 2.62 bits per heavy atom. The standard InChI is InChI=1S/C5H5F3N2O2S/c6-5(7,8)2-10-1-4(9-3-10)13(11)12/h1,3H,2H2,(H,11,12). The number of halogens is 3. The lowest BCUT2D eigenvalue weighted by Gasteiger charge is -2.05. The lowest BCUT2D eigenvalue weighted by molar-refractivity contribution is -0.140. The van der Waals surface area contributed by atoms with Gasteiger partial charge in [-0.25, -0.2) is 9.19 Å². The maximum absolute atomic E-state index is 11.8. The predicted octanol–water partition coefficient (Wildman–Crippen LogP) is 1.03. The van der Waals surface area contributed by atoms with Gasteiger partial charge in [-0.15, -0.1) is 0 Å². The predicted molar refractivity (Wildman–Crippen MR) is 37.3 cm³/mol. The van der Waals surface area contributed by atoms with Gasteiger partial charge in [0, 0.05) is 6.20 Å². The quantitative estimate of drug-likeness (QED) is 0.748. The molecule has 0 aliphatic rings. The molecular formula is C5H5F3N2O2S. The fraction of sp³-hybridized carbons (Fsp3) is 0.400. The molecule has 1 aromatic rings. The van der Waals surface area contributed by atoms with Crippen molar-refractivity contribution >= 4 is 11.1 Å². The molecule has 0 aliphatic carbocycles. The molecule has 74 valence electrons. The van der Waals surface area contributed by atoms with E-state index in [1.165, 1.54) is 0 Å². The van der Waals surface area contributed by atoms with Gasteiger partial charge in [-0.2, -0.15) is 13.2 Å². The Kier molecular flexibility index (Phi) is 2.71. The first-order chi connectivity index (χ1) is 5.88. The van der Waals surface area contributed by atoms with Crippen LogP contribution in [0.5, 0.6) is 0 Å². The van der Waals surface area contributed by atoms with E-state index in [1.807, 2.05) is 0 Å². The average molecular weight is 214 g/mol. The van der Waals surface area contributed by atoms with Crippen LogP contribution in [0.4, 0.5) is 13.2 Å². The van der Waals surface area contributed by atoms with E-state index >= 15 is 0 Å². The Bertz CT molecular complexity index is 322. The minimum atomic E-state index is -4.35. The molecule has 0 saturated carbocycles. The van der Waals surface area contributed by atoms with Gasteiger partial charge in [-0.05, 0) is 0 Å². The van der Waals surface area contributed by atoms with Gasteiger partial charge in [-0.1, -0.05) is 0 Å². The van der Waals surface area contributed by atoms with Gasteiger partial charge in [0.25, 0.3) is 0 Å². The minimum absolute atomic E-state index is 0.288. The molecule has 0 radical (unpaired) electrons. The van der Waals surface area contributed by atoms with Gasteiger partial charge in [0.1, 0.15) is 6.54 Å². The summed E-state index contributed by atoms with van der Waals surface area (Å²) >= 11 is -2.34. The van der Waals surface area contributed by atoms with Gasteiger partial charge in [-0.3, -0.25) is 0 Å². The van der Waals surface area contributed by atoms with Crippen molar-refractivity contribution in [1.29, 1.82) is 0 Å². The molecule has 0 aliphatic heterocycles. The van der Waals surface area contributed by atoms with Crippen molar-refractivity contribution in [1.82, 2.24) is 9.55 Å². The van der Waals surface area contributed by atoms with Crippen LogP contribution in [0.1, 0.15) is 0 Å². The summed E-state index contributed by atoms with van der Waals surface area (Å²) < 4.78 is 54.8. The summed E-state index contributed by atoms with van der Waals surface area (Å²) in [5.74, 6) is 0. The topological polar surface area (TPSA) is 55.1 Å². The molecule has 0 bridgehead atoms. The van der Waals surface area contributed by atoms with Crippen LogP contribution < -0.4 is 0 Å². The molecule has 8 heteroatoms. The lowest BCUT2D eigenvalue weighted by atomic mass is 10.6. The van der Waals surface area contributed by atoms with Crippen molar-refractivity contribution in [2.24, 2.45) is 0 Å². The fourth-order valence-electron chi connectivity index (χ4n) is 0.723. The van der Waals surface area contributed by atoms with Gasteiger partial charge >= 0.3 is 6.18 Å². The number of hydrogen-bond donors (Lipinski definition) is 1. The molecule has 1 heterocycles. The first-order valence-corrected chi connectivity index (χ1v) is 4.18. The Balaban J connectivity index is 2.75. The number of hydrogen-bond acceptors (Lipinski definition) is 2. The van der Waals surface area contributed by atoms with Crippen LogP contribution in [-0.2, 0) is 17.6 Å². The third-order valence-electron chi connectivity index (χ3n) is 1.15. The number of rotatable bonds is 2. The molecule has 0 spiro atoms. The summed E-state index contributed by atoms with van der Waals surface area (Å²) in [6.07, 6.45) is -2.62. The molecule has 1 rings (SSSR count). The second-order valence-electron chi connectivity index (χ2n) is 2.25. The molecule has 1 unspecified atom stereocenters. The van der Waals surface area contributed by atoms with E-state index < -0.39 is 23.8 Å². The largest absolute Gasteiger partial charge is 0.406 e. The van der Waals surface area contributed by atoms with E-state index in [2.05, 4.69) is 4.98 Å². The first kappa shape index (κ1) is 10.2. The molecule has 1 atom stereocenters. The molecule has 1 N–H and O–H groups in total. The van der Waals surface area contributed by atoms with E-state index in [0.29, 0.717) is 4.57 Å². The highest BCUT2D eigenvalue weighted by Gasteiger charge is 2.28. The van der Waals surface area contributed by atoms with Crippen LogP contribution in [0.15, 0.2) is 17.6 Å². The number of aromatic nitrogens is 2. The summed E-state index contributed by atoms with van der Waals surface area (Å²) in [7, 11) is 0. The van der Waals surface area contributed by atoms with Gasteiger partial charge < -0.3 is 9.12 Å². The Morgan fingerprint density at radius 1 is 1.62 bits per heavy atom. The molecule has 13 heavy (non-hydrogen) atoms.